The lowest BCUT2D eigenvalue weighted by Gasteiger charge is -2.36. The molecular weight excluding hydrogens is 580 g/mol. The summed E-state index contributed by atoms with van der Waals surface area (Å²) in [6, 6.07) is 10.2. The normalized spacial score (nSPS) is 14.4. The van der Waals surface area contributed by atoms with Gasteiger partial charge in [-0.05, 0) is 102 Å². The minimum atomic E-state index is -0.524. The number of nitrogens with zero attached hydrogens (tertiary/aromatic N) is 4. The van der Waals surface area contributed by atoms with Gasteiger partial charge in [-0.25, -0.2) is 9.78 Å². The largest absolute Gasteiger partial charge is 0.444 e. The van der Waals surface area contributed by atoms with Crippen molar-refractivity contribution in [1.82, 2.24) is 24.8 Å². The number of hydrogen-bond acceptors (Lipinski definition) is 6. The molecule has 2 N–H and O–H groups in total. The number of carbonyl (C=O) groups is 2. The van der Waals surface area contributed by atoms with E-state index in [1.807, 2.05) is 72.0 Å². The summed E-state index contributed by atoms with van der Waals surface area (Å²) in [6.45, 7) is 18.3. The molecule has 1 aliphatic heterocycles. The number of fused-ring (bicyclic) bond motifs is 1. The van der Waals surface area contributed by atoms with Crippen molar-refractivity contribution in [3.05, 3.63) is 81.0 Å². The van der Waals surface area contributed by atoms with Crippen LogP contribution in [0, 0.1) is 20.8 Å². The molecule has 0 spiro atoms. The first kappa shape index (κ1) is 32.8. The minimum absolute atomic E-state index is 0.133. The van der Waals surface area contributed by atoms with Crippen molar-refractivity contribution in [2.24, 2.45) is 0 Å². The number of H-pyrrole nitrogens is 1. The van der Waals surface area contributed by atoms with Crippen LogP contribution in [0.2, 0.25) is 0 Å². The molecule has 0 radical (unpaired) electrons. The number of ether oxygens (including phenoxy) is 1. The van der Waals surface area contributed by atoms with E-state index in [1.165, 1.54) is 0 Å². The van der Waals surface area contributed by atoms with E-state index in [9.17, 15) is 14.4 Å². The van der Waals surface area contributed by atoms with Gasteiger partial charge in [0.1, 0.15) is 11.4 Å². The summed E-state index contributed by atoms with van der Waals surface area (Å²) in [4.78, 5) is 50.5. The molecule has 5 rings (SSSR count). The summed E-state index contributed by atoms with van der Waals surface area (Å²) < 4.78 is 7.77. The van der Waals surface area contributed by atoms with Crippen molar-refractivity contribution < 1.29 is 14.3 Å². The summed E-state index contributed by atoms with van der Waals surface area (Å²) in [5, 5.41) is 3.92. The van der Waals surface area contributed by atoms with Gasteiger partial charge in [-0.1, -0.05) is 6.92 Å². The van der Waals surface area contributed by atoms with Crippen LogP contribution in [0.1, 0.15) is 79.8 Å². The monoisotopic (exact) mass is 626 g/mol. The van der Waals surface area contributed by atoms with E-state index < -0.39 is 5.60 Å². The van der Waals surface area contributed by atoms with E-state index in [-0.39, 0.29) is 30.1 Å². The number of nitrogens with one attached hydrogen (secondary N) is 2. The van der Waals surface area contributed by atoms with Crippen LogP contribution < -0.4 is 15.8 Å². The molecule has 0 bridgehead atoms. The van der Waals surface area contributed by atoms with Crippen molar-refractivity contribution in [1.29, 1.82) is 0 Å². The topological polar surface area (TPSA) is 113 Å². The highest BCUT2D eigenvalue weighted by molar-refractivity contribution is 6.09. The van der Waals surface area contributed by atoms with E-state index >= 15 is 0 Å². The third-order valence-electron chi connectivity index (χ3n) is 8.69. The first-order valence-electron chi connectivity index (χ1n) is 16.1. The third kappa shape index (κ3) is 6.95. The number of carbonyl (C=O) groups excluding carboxylic acids is 2. The van der Waals surface area contributed by atoms with E-state index in [1.54, 1.807) is 4.90 Å². The molecule has 1 atom stereocenters. The molecule has 0 saturated carbocycles. The van der Waals surface area contributed by atoms with Crippen LogP contribution in [-0.4, -0.2) is 63.2 Å². The fourth-order valence-electron chi connectivity index (χ4n) is 6.05. The molecule has 1 aliphatic rings. The number of pyridine rings is 2. The summed E-state index contributed by atoms with van der Waals surface area (Å²) >= 11 is 0. The molecule has 1 saturated heterocycles. The summed E-state index contributed by atoms with van der Waals surface area (Å²) in [5.74, 6) is 0.604. The van der Waals surface area contributed by atoms with E-state index in [0.717, 1.165) is 51.1 Å². The van der Waals surface area contributed by atoms with Gasteiger partial charge in [-0.2, -0.15) is 0 Å². The SMILES string of the molecule is CC[C@H](C)n1cc(C)c2c(C(=O)NCc3c(C)cc(C)[nH]c3=O)cc(-c3ccc(N4CCN(C(=O)OC(C)(C)C)CC4)nc3)cc21. The molecule has 244 valence electrons. The van der Waals surface area contributed by atoms with E-state index in [4.69, 9.17) is 9.72 Å². The molecular formula is C36H46N6O4. The number of aromatic nitrogens is 3. The number of anilines is 1. The molecule has 4 aromatic rings. The van der Waals surface area contributed by atoms with Crippen LogP contribution in [0.15, 0.2) is 47.5 Å². The number of amides is 2. The first-order chi connectivity index (χ1) is 21.8. The Kier molecular flexibility index (Phi) is 9.28. The van der Waals surface area contributed by atoms with Crippen molar-refractivity contribution in [3.63, 3.8) is 0 Å². The van der Waals surface area contributed by atoms with Gasteiger partial charge in [0.05, 0.1) is 0 Å². The second-order valence-electron chi connectivity index (χ2n) is 13.4. The van der Waals surface area contributed by atoms with Crippen molar-refractivity contribution in [2.75, 3.05) is 31.1 Å². The fourth-order valence-corrected chi connectivity index (χ4v) is 6.05. The maximum absolute atomic E-state index is 13.8. The Balaban J connectivity index is 1.42. The Bertz CT molecular complexity index is 1810. The second kappa shape index (κ2) is 13.0. The quantitative estimate of drug-likeness (QED) is 0.250. The molecule has 46 heavy (non-hydrogen) atoms. The van der Waals surface area contributed by atoms with Crippen molar-refractivity contribution in [3.8, 4) is 11.1 Å². The van der Waals surface area contributed by atoms with Gasteiger partial charge in [0.25, 0.3) is 11.5 Å². The number of rotatable bonds is 7. The number of aromatic amines is 1. The number of aryl methyl sites for hydroxylation is 3. The zero-order valence-corrected chi connectivity index (χ0v) is 28.3. The molecule has 10 nitrogen and oxygen atoms in total. The molecule has 1 aromatic carbocycles. The van der Waals surface area contributed by atoms with Crippen LogP contribution in [0.3, 0.4) is 0 Å². The highest BCUT2D eigenvalue weighted by Gasteiger charge is 2.26. The number of piperazine rings is 1. The predicted molar refractivity (Wildman–Crippen MR) is 183 cm³/mol. The van der Waals surface area contributed by atoms with Gasteiger partial charge in [-0.3, -0.25) is 9.59 Å². The van der Waals surface area contributed by atoms with Gasteiger partial charge in [0.15, 0.2) is 0 Å². The maximum atomic E-state index is 13.8. The average Bonchev–Trinajstić information content (AvgIpc) is 3.35. The van der Waals surface area contributed by atoms with Crippen LogP contribution in [-0.2, 0) is 11.3 Å². The smallest absolute Gasteiger partial charge is 0.410 e. The number of hydrogen-bond donors (Lipinski definition) is 2. The maximum Gasteiger partial charge on any atom is 0.410 e. The summed E-state index contributed by atoms with van der Waals surface area (Å²) in [7, 11) is 0. The van der Waals surface area contributed by atoms with Crippen LogP contribution in [0.5, 0.6) is 0 Å². The Hall–Kier alpha value is -4.60. The molecule has 0 unspecified atom stereocenters. The van der Waals surface area contributed by atoms with Gasteiger partial charge in [0.2, 0.25) is 0 Å². The molecule has 4 heterocycles. The van der Waals surface area contributed by atoms with Gasteiger partial charge in [0, 0.05) is 84.4 Å². The van der Waals surface area contributed by atoms with Gasteiger partial charge >= 0.3 is 6.09 Å². The second-order valence-corrected chi connectivity index (χ2v) is 13.4. The highest BCUT2D eigenvalue weighted by atomic mass is 16.6. The van der Waals surface area contributed by atoms with E-state index in [2.05, 4.69) is 45.9 Å². The van der Waals surface area contributed by atoms with Crippen LogP contribution in [0.4, 0.5) is 10.6 Å². The van der Waals surface area contributed by atoms with Gasteiger partial charge < -0.3 is 29.4 Å². The minimum Gasteiger partial charge on any atom is -0.444 e. The van der Waals surface area contributed by atoms with Crippen molar-refractivity contribution in [2.45, 2.75) is 80.0 Å². The predicted octanol–water partition coefficient (Wildman–Crippen LogP) is 6.27. The van der Waals surface area contributed by atoms with Gasteiger partial charge in [-0.15, -0.1) is 0 Å². The molecule has 2 amide bonds. The lowest BCUT2D eigenvalue weighted by atomic mass is 9.98. The Morgan fingerprint density at radius 3 is 2.35 bits per heavy atom. The standard InChI is InChI=1S/C36H46N6O4/c1-9-25(5)42-21-23(3)32-28(33(43)38-20-29-22(2)16-24(4)39-34(29)44)17-27(18-30(32)42)26-10-11-31(37-19-26)40-12-14-41(15-13-40)35(45)46-36(6,7)8/h10-11,16-19,21,25H,9,12-15,20H2,1-8H3,(H,38,43)(H,39,44)/t25-/m0/s1. The lowest BCUT2D eigenvalue weighted by Crippen LogP contribution is -2.50. The molecule has 1 fully saturated rings. The Labute approximate surface area is 270 Å². The average molecular weight is 627 g/mol. The third-order valence-corrected chi connectivity index (χ3v) is 8.69. The van der Waals surface area contributed by atoms with Crippen LogP contribution in [0.25, 0.3) is 22.0 Å². The summed E-state index contributed by atoms with van der Waals surface area (Å²) in [6.07, 6.45) is 4.62. The number of benzene rings is 1. The zero-order valence-electron chi connectivity index (χ0n) is 28.3. The van der Waals surface area contributed by atoms with Crippen molar-refractivity contribution >= 4 is 28.7 Å². The lowest BCUT2D eigenvalue weighted by molar-refractivity contribution is 0.0240. The fraction of sp³-hybridized carbons (Fsp3) is 0.444. The highest BCUT2D eigenvalue weighted by Crippen LogP contribution is 2.34. The Morgan fingerprint density at radius 1 is 1.02 bits per heavy atom. The first-order valence-corrected chi connectivity index (χ1v) is 16.1. The molecule has 0 aliphatic carbocycles. The van der Waals surface area contributed by atoms with E-state index in [0.29, 0.717) is 37.3 Å². The molecule has 10 heteroatoms. The Morgan fingerprint density at radius 2 is 1.74 bits per heavy atom. The van der Waals surface area contributed by atoms with Crippen LogP contribution >= 0.6 is 0 Å². The zero-order chi connectivity index (χ0) is 33.3. The molecule has 3 aromatic heterocycles. The summed E-state index contributed by atoms with van der Waals surface area (Å²) in [5.41, 5.74) is 5.83.